The number of imide groups is 2. The smallest absolute Gasteiger partial charge is 0.326 e. The summed E-state index contributed by atoms with van der Waals surface area (Å²) in [7, 11) is 7.67. The molecule has 3 rings (SSSR count). The summed E-state index contributed by atoms with van der Waals surface area (Å²) in [6.45, 7) is 13.1. The average molecular weight is 904 g/mol. The molecular formula is C49H77N9O7. The minimum Gasteiger partial charge on any atom is -0.368 e. The highest BCUT2D eigenvalue weighted by Crippen LogP contribution is 2.21. The van der Waals surface area contributed by atoms with Crippen LogP contribution < -0.4 is 16.4 Å². The first kappa shape index (κ1) is 54.0. The molecule has 0 unspecified atom stereocenters. The molecule has 16 heteroatoms. The molecular weight excluding hydrogens is 827 g/mol. The van der Waals surface area contributed by atoms with Crippen molar-refractivity contribution in [3.8, 4) is 0 Å². The van der Waals surface area contributed by atoms with Gasteiger partial charge in [-0.05, 0) is 74.5 Å². The van der Waals surface area contributed by atoms with Crippen molar-refractivity contribution in [2.45, 2.75) is 130 Å². The first-order chi connectivity index (χ1) is 30.6. The van der Waals surface area contributed by atoms with E-state index in [9.17, 15) is 28.8 Å². The van der Waals surface area contributed by atoms with E-state index in [0.717, 1.165) is 40.2 Å². The Labute approximate surface area is 387 Å². The maximum absolute atomic E-state index is 15.0. The SMILES string of the molecule is CC(C)C[C@H](N[C@H](Cc1ccccc1)N(C)C(=O)[C@H](Cc1ccccc1)N(C)C(=O)NC(=O)[C@H](CC(C)C)N(C)C(=O)N(C)C(=O)CC(=O)N1CCCCC1)N(C)[C@@H](CC(C)C)C(N)=O. The van der Waals surface area contributed by atoms with E-state index in [1.54, 1.807) is 16.8 Å². The van der Waals surface area contributed by atoms with Crippen molar-refractivity contribution in [3.63, 3.8) is 0 Å². The Morgan fingerprint density at radius 2 is 1.12 bits per heavy atom. The van der Waals surface area contributed by atoms with Crippen molar-refractivity contribution in [2.24, 2.45) is 23.5 Å². The van der Waals surface area contributed by atoms with Gasteiger partial charge in [-0.15, -0.1) is 0 Å². The van der Waals surface area contributed by atoms with Gasteiger partial charge in [0.2, 0.25) is 23.6 Å². The summed E-state index contributed by atoms with van der Waals surface area (Å²) in [4.78, 5) is 104. The van der Waals surface area contributed by atoms with Gasteiger partial charge in [0.05, 0.1) is 18.4 Å². The lowest BCUT2D eigenvalue weighted by Gasteiger charge is -2.41. The van der Waals surface area contributed by atoms with Gasteiger partial charge in [0, 0.05) is 54.1 Å². The van der Waals surface area contributed by atoms with Crippen molar-refractivity contribution < 1.29 is 33.6 Å². The molecule has 1 saturated heterocycles. The Balaban J connectivity index is 1.94. The van der Waals surface area contributed by atoms with E-state index in [1.807, 2.05) is 100 Å². The molecule has 1 fully saturated rings. The normalized spacial score (nSPS) is 15.2. The number of benzene rings is 2. The largest absolute Gasteiger partial charge is 0.368 e. The van der Waals surface area contributed by atoms with Crippen molar-refractivity contribution in [3.05, 3.63) is 71.8 Å². The highest BCUT2D eigenvalue weighted by Gasteiger charge is 2.38. The van der Waals surface area contributed by atoms with Crippen molar-refractivity contribution in [1.82, 2.24) is 40.0 Å². The van der Waals surface area contributed by atoms with Crippen LogP contribution in [-0.4, -0.2) is 150 Å². The molecule has 16 nitrogen and oxygen atoms in total. The first-order valence-electron chi connectivity index (χ1n) is 23.1. The Kier molecular flexibility index (Phi) is 21.6. The lowest BCUT2D eigenvalue weighted by atomic mass is 9.99. The molecule has 0 aromatic heterocycles. The predicted octanol–water partition coefficient (Wildman–Crippen LogP) is 4.91. The van der Waals surface area contributed by atoms with Crippen LogP contribution in [0.15, 0.2) is 60.7 Å². The molecule has 360 valence electrons. The number of nitrogens with one attached hydrogen (secondary N) is 2. The van der Waals surface area contributed by atoms with Crippen LogP contribution in [0.3, 0.4) is 0 Å². The molecule has 0 bridgehead atoms. The molecule has 0 saturated carbocycles. The summed E-state index contributed by atoms with van der Waals surface area (Å²) in [6.07, 6.45) is 3.11. The number of amides is 9. The number of carbonyl (C=O) groups excluding carboxylic acids is 7. The molecule has 0 spiro atoms. The minimum absolute atomic E-state index is 0.104. The number of primary amides is 1. The molecule has 4 N–H and O–H groups in total. The highest BCUT2D eigenvalue weighted by atomic mass is 16.2. The van der Waals surface area contributed by atoms with Crippen LogP contribution >= 0.6 is 0 Å². The second-order valence-corrected chi connectivity index (χ2v) is 18.9. The van der Waals surface area contributed by atoms with E-state index in [-0.39, 0.29) is 42.7 Å². The fraction of sp³-hybridized carbons (Fsp3) is 0.612. The van der Waals surface area contributed by atoms with E-state index in [1.165, 1.54) is 26.0 Å². The minimum atomic E-state index is -1.17. The number of piperidine rings is 1. The predicted molar refractivity (Wildman–Crippen MR) is 253 cm³/mol. The van der Waals surface area contributed by atoms with Gasteiger partial charge in [0.25, 0.3) is 5.91 Å². The molecule has 65 heavy (non-hydrogen) atoms. The molecule has 1 aliphatic heterocycles. The number of hydrogen-bond acceptors (Lipinski definition) is 9. The van der Waals surface area contributed by atoms with Crippen LogP contribution in [-0.2, 0) is 36.8 Å². The summed E-state index contributed by atoms with van der Waals surface area (Å²) in [5.74, 6) is -2.37. The van der Waals surface area contributed by atoms with Crippen molar-refractivity contribution in [2.75, 3.05) is 48.3 Å². The van der Waals surface area contributed by atoms with Crippen LogP contribution in [0.4, 0.5) is 9.59 Å². The highest BCUT2D eigenvalue weighted by molar-refractivity contribution is 6.05. The molecule has 2 aromatic carbocycles. The Morgan fingerprint density at radius 1 is 0.615 bits per heavy atom. The summed E-state index contributed by atoms with van der Waals surface area (Å²) in [6, 6.07) is 14.5. The van der Waals surface area contributed by atoms with E-state index in [4.69, 9.17) is 5.73 Å². The van der Waals surface area contributed by atoms with Gasteiger partial charge in [-0.2, -0.15) is 0 Å². The summed E-state index contributed by atoms with van der Waals surface area (Å²) in [5.41, 5.74) is 7.71. The maximum atomic E-state index is 15.0. The van der Waals surface area contributed by atoms with Crippen LogP contribution in [0.1, 0.15) is 97.6 Å². The second-order valence-electron chi connectivity index (χ2n) is 18.9. The summed E-state index contributed by atoms with van der Waals surface area (Å²) in [5, 5.41) is 6.16. The van der Waals surface area contributed by atoms with Crippen molar-refractivity contribution in [1.29, 1.82) is 0 Å². The number of nitrogens with zero attached hydrogens (tertiary/aromatic N) is 6. The molecule has 1 heterocycles. The summed E-state index contributed by atoms with van der Waals surface area (Å²) >= 11 is 0. The standard InChI is InChI=1S/C49H77N9O7/c1-33(2)27-38(45(50)61)53(7)41(29-35(5)6)51-42(31-37-23-17-13-18-24-37)56(10)47(63)40(30-36-21-15-12-16-22-36)54(8)48(64)52-46(62)39(28-34(3)4)55(9)49(65)57(11)43(59)32-44(60)58-25-19-14-20-26-58/h12-13,15-18,21-24,33-35,38-42,51H,14,19-20,25-32H2,1-11H3,(H2,50,61)(H,52,62,64)/t38-,39-,40-,41+,42-/m0/s1. The topological polar surface area (TPSA) is 189 Å². The Hall–Kier alpha value is -5.35. The zero-order valence-electron chi connectivity index (χ0n) is 40.8. The van der Waals surface area contributed by atoms with Gasteiger partial charge >= 0.3 is 12.1 Å². The number of likely N-dealkylation sites (tertiary alicyclic amines) is 1. The molecule has 2 aromatic rings. The first-order valence-corrected chi connectivity index (χ1v) is 23.1. The lowest BCUT2D eigenvalue weighted by molar-refractivity contribution is -0.140. The van der Waals surface area contributed by atoms with Gasteiger partial charge in [0.1, 0.15) is 18.5 Å². The van der Waals surface area contributed by atoms with Crippen LogP contribution in [0.2, 0.25) is 0 Å². The molecule has 9 amide bonds. The van der Waals surface area contributed by atoms with E-state index in [0.29, 0.717) is 32.4 Å². The van der Waals surface area contributed by atoms with Gasteiger partial charge in [-0.3, -0.25) is 44.4 Å². The quantitative estimate of drug-likeness (QED) is 0.109. The lowest BCUT2D eigenvalue weighted by Crippen LogP contribution is -2.62. The third-order valence-electron chi connectivity index (χ3n) is 12.2. The summed E-state index contributed by atoms with van der Waals surface area (Å²) < 4.78 is 0. The number of urea groups is 2. The number of likely N-dealkylation sites (N-methyl/N-ethyl adjacent to an activating group) is 4. The number of rotatable bonds is 22. The fourth-order valence-electron chi connectivity index (χ4n) is 8.21. The van der Waals surface area contributed by atoms with Gasteiger partial charge in [0.15, 0.2) is 0 Å². The monoisotopic (exact) mass is 904 g/mol. The molecule has 1 aliphatic rings. The van der Waals surface area contributed by atoms with Crippen LogP contribution in [0.5, 0.6) is 0 Å². The van der Waals surface area contributed by atoms with E-state index < -0.39 is 66.4 Å². The van der Waals surface area contributed by atoms with Crippen LogP contribution in [0, 0.1) is 17.8 Å². The van der Waals surface area contributed by atoms with E-state index in [2.05, 4.69) is 24.5 Å². The molecule has 0 radical (unpaired) electrons. The zero-order chi connectivity index (χ0) is 48.5. The van der Waals surface area contributed by atoms with Crippen molar-refractivity contribution >= 4 is 41.6 Å². The number of carbonyl (C=O) groups is 7. The Bertz CT molecular complexity index is 1870. The zero-order valence-corrected chi connectivity index (χ0v) is 40.8. The van der Waals surface area contributed by atoms with Gasteiger partial charge < -0.3 is 25.3 Å². The van der Waals surface area contributed by atoms with Gasteiger partial charge in [-0.1, -0.05) is 102 Å². The third kappa shape index (κ3) is 16.5. The average Bonchev–Trinajstić information content (AvgIpc) is 3.27. The number of nitrogens with two attached hydrogens (primary N) is 1. The Morgan fingerprint density at radius 3 is 1.63 bits per heavy atom. The van der Waals surface area contributed by atoms with Gasteiger partial charge in [-0.25, -0.2) is 9.59 Å². The van der Waals surface area contributed by atoms with Crippen LogP contribution in [0.25, 0.3) is 0 Å². The maximum Gasteiger partial charge on any atom is 0.326 e. The second kappa shape index (κ2) is 26.0. The third-order valence-corrected chi connectivity index (χ3v) is 12.2. The number of hydrogen-bond donors (Lipinski definition) is 3. The van der Waals surface area contributed by atoms with E-state index >= 15 is 4.79 Å². The molecule has 0 aliphatic carbocycles. The molecule has 5 atom stereocenters. The fourth-order valence-corrected chi connectivity index (χ4v) is 8.21.